The van der Waals surface area contributed by atoms with Crippen molar-refractivity contribution in [3.63, 3.8) is 0 Å². The second-order valence-corrected chi connectivity index (χ2v) is 9.99. The van der Waals surface area contributed by atoms with Crippen molar-refractivity contribution in [3.8, 4) is 0 Å². The number of amides is 3. The first-order valence-corrected chi connectivity index (χ1v) is 13.3. The van der Waals surface area contributed by atoms with Gasteiger partial charge in [-0.05, 0) is 53.0 Å². The molecule has 0 aliphatic carbocycles. The number of hydrogen-bond donors (Lipinski definition) is 1. The number of imide groups is 1. The van der Waals surface area contributed by atoms with Gasteiger partial charge in [0.2, 0.25) is 5.91 Å². The summed E-state index contributed by atoms with van der Waals surface area (Å²) in [6, 6.07) is 9.23. The fraction of sp³-hybridized carbons (Fsp3) is 0.375. The molecule has 8 nitrogen and oxygen atoms in total. The summed E-state index contributed by atoms with van der Waals surface area (Å²) in [6.07, 6.45) is 4.25. The van der Waals surface area contributed by atoms with Crippen LogP contribution in [0.3, 0.4) is 0 Å². The number of rotatable bonds is 11. The summed E-state index contributed by atoms with van der Waals surface area (Å²) in [6.45, 7) is 3.96. The average molecular weight is 502 g/mol. The molecule has 0 radical (unpaired) electrons. The first-order chi connectivity index (χ1) is 16.3. The average Bonchev–Trinajstić information content (AvgIpc) is 3.15. The number of hydroxylamine groups is 2. The molecule has 1 aromatic heterocycles. The summed E-state index contributed by atoms with van der Waals surface area (Å²) in [4.78, 5) is 60.0. The number of carbonyl (C=O) groups is 4. The van der Waals surface area contributed by atoms with Crippen LogP contribution in [0, 0.1) is 0 Å². The SMILES string of the molecule is CCCCC(C(=O)ON1C(=O)CCC1=O)c1cc(CC)cc(SSc2ccccn2)c1C(N)=O. The molecule has 1 aliphatic rings. The number of benzene rings is 1. The third-order valence-electron chi connectivity index (χ3n) is 5.40. The molecule has 1 aromatic carbocycles. The number of primary amides is 1. The minimum Gasteiger partial charge on any atom is -0.366 e. The fourth-order valence-electron chi connectivity index (χ4n) is 3.61. The highest BCUT2D eigenvalue weighted by Gasteiger charge is 2.36. The summed E-state index contributed by atoms with van der Waals surface area (Å²) in [5.74, 6) is -3.36. The molecule has 1 fully saturated rings. The zero-order valence-electron chi connectivity index (χ0n) is 19.1. The lowest BCUT2D eigenvalue weighted by atomic mass is 9.88. The van der Waals surface area contributed by atoms with Crippen molar-refractivity contribution in [2.24, 2.45) is 5.73 Å². The van der Waals surface area contributed by atoms with Crippen LogP contribution in [0.15, 0.2) is 46.5 Å². The number of nitrogens with zero attached hydrogens (tertiary/aromatic N) is 2. The van der Waals surface area contributed by atoms with Crippen LogP contribution in [0.2, 0.25) is 0 Å². The van der Waals surface area contributed by atoms with Gasteiger partial charge in [0, 0.05) is 23.9 Å². The molecule has 0 bridgehead atoms. The van der Waals surface area contributed by atoms with Gasteiger partial charge in [0.1, 0.15) is 5.03 Å². The third kappa shape index (κ3) is 6.18. The van der Waals surface area contributed by atoms with Crippen molar-refractivity contribution in [1.29, 1.82) is 0 Å². The first kappa shape index (κ1) is 25.8. The Bertz CT molecular complexity index is 1060. The largest absolute Gasteiger partial charge is 0.366 e. The van der Waals surface area contributed by atoms with E-state index in [0.717, 1.165) is 17.0 Å². The summed E-state index contributed by atoms with van der Waals surface area (Å²) < 4.78 is 0. The minimum absolute atomic E-state index is 0.00906. The fourth-order valence-corrected chi connectivity index (χ4v) is 5.74. The zero-order valence-corrected chi connectivity index (χ0v) is 20.7. The summed E-state index contributed by atoms with van der Waals surface area (Å²) in [7, 11) is 2.72. The second kappa shape index (κ2) is 12.0. The van der Waals surface area contributed by atoms with Gasteiger partial charge in [0.25, 0.3) is 11.8 Å². The van der Waals surface area contributed by atoms with Gasteiger partial charge < -0.3 is 10.6 Å². The highest BCUT2D eigenvalue weighted by molar-refractivity contribution is 8.76. The molecule has 1 aliphatic heterocycles. The van der Waals surface area contributed by atoms with E-state index in [9.17, 15) is 19.2 Å². The standard InChI is InChI=1S/C24H27N3O5S2/c1-3-5-8-16(24(31)32-27-20(28)10-11-21(27)29)17-13-15(4-2)14-18(22(17)23(25)30)33-34-19-9-6-7-12-26-19/h6-7,9,12-14,16H,3-5,8,10-11H2,1-2H3,(H2,25,30). The number of pyridine rings is 1. The van der Waals surface area contributed by atoms with E-state index >= 15 is 0 Å². The summed E-state index contributed by atoms with van der Waals surface area (Å²) in [5, 5.41) is 1.31. The smallest absolute Gasteiger partial charge is 0.340 e. The zero-order chi connectivity index (χ0) is 24.7. The number of hydrogen-bond acceptors (Lipinski definition) is 8. The highest BCUT2D eigenvalue weighted by Crippen LogP contribution is 2.42. The molecule has 2 heterocycles. The van der Waals surface area contributed by atoms with E-state index in [1.807, 2.05) is 38.1 Å². The van der Waals surface area contributed by atoms with Gasteiger partial charge >= 0.3 is 5.97 Å². The molecule has 180 valence electrons. The van der Waals surface area contributed by atoms with Crippen molar-refractivity contribution >= 4 is 45.3 Å². The summed E-state index contributed by atoms with van der Waals surface area (Å²) >= 11 is 0. The number of nitrogens with two attached hydrogens (primary N) is 1. The quantitative estimate of drug-likeness (QED) is 0.355. The van der Waals surface area contributed by atoms with Crippen LogP contribution in [0.4, 0.5) is 0 Å². The van der Waals surface area contributed by atoms with E-state index in [0.29, 0.717) is 34.8 Å². The number of carbonyl (C=O) groups excluding carboxylic acids is 4. The molecule has 2 aromatic rings. The van der Waals surface area contributed by atoms with Gasteiger partial charge in [-0.2, -0.15) is 0 Å². The van der Waals surface area contributed by atoms with Crippen molar-refractivity contribution in [3.05, 3.63) is 53.2 Å². The van der Waals surface area contributed by atoms with Gasteiger partial charge in [0.15, 0.2) is 0 Å². The Morgan fingerprint density at radius 1 is 1.15 bits per heavy atom. The Balaban J connectivity index is 2.00. The number of unbranched alkanes of at least 4 members (excludes halogenated alkanes) is 1. The lowest BCUT2D eigenvalue weighted by Gasteiger charge is -2.23. The molecule has 3 amide bonds. The van der Waals surface area contributed by atoms with Crippen molar-refractivity contribution in [1.82, 2.24) is 10.0 Å². The van der Waals surface area contributed by atoms with Gasteiger partial charge in [0.05, 0.1) is 11.5 Å². The van der Waals surface area contributed by atoms with E-state index in [4.69, 9.17) is 10.6 Å². The molecule has 2 N–H and O–H groups in total. The van der Waals surface area contributed by atoms with Crippen LogP contribution in [0.5, 0.6) is 0 Å². The van der Waals surface area contributed by atoms with E-state index in [1.165, 1.54) is 21.6 Å². The van der Waals surface area contributed by atoms with Gasteiger partial charge in [-0.15, -0.1) is 5.06 Å². The molecular formula is C24H27N3O5S2. The van der Waals surface area contributed by atoms with E-state index in [-0.39, 0.29) is 18.4 Å². The maximum Gasteiger partial charge on any atom is 0.340 e. The Morgan fingerprint density at radius 3 is 2.47 bits per heavy atom. The van der Waals surface area contributed by atoms with Crippen LogP contribution >= 0.6 is 21.6 Å². The van der Waals surface area contributed by atoms with Crippen LogP contribution in [0.25, 0.3) is 0 Å². The Kier molecular flexibility index (Phi) is 9.12. The normalized spacial score (nSPS) is 14.4. The maximum atomic E-state index is 13.2. The van der Waals surface area contributed by atoms with Crippen LogP contribution in [-0.2, 0) is 25.6 Å². The Labute approximate surface area is 206 Å². The second-order valence-electron chi connectivity index (χ2n) is 7.80. The third-order valence-corrected chi connectivity index (χ3v) is 7.69. The van der Waals surface area contributed by atoms with Crippen molar-refractivity contribution < 1.29 is 24.0 Å². The number of aryl methyl sites for hydroxylation is 1. The van der Waals surface area contributed by atoms with Gasteiger partial charge in [-0.25, -0.2) is 9.78 Å². The molecule has 1 saturated heterocycles. The van der Waals surface area contributed by atoms with Crippen LogP contribution < -0.4 is 5.73 Å². The maximum absolute atomic E-state index is 13.2. The number of aromatic nitrogens is 1. The monoisotopic (exact) mass is 501 g/mol. The molecule has 34 heavy (non-hydrogen) atoms. The van der Waals surface area contributed by atoms with Crippen molar-refractivity contribution in [2.45, 2.75) is 68.2 Å². The van der Waals surface area contributed by atoms with Crippen LogP contribution in [-0.4, -0.2) is 33.7 Å². The summed E-state index contributed by atoms with van der Waals surface area (Å²) in [5.41, 5.74) is 7.42. The van der Waals surface area contributed by atoms with Crippen LogP contribution in [0.1, 0.15) is 73.4 Å². The van der Waals surface area contributed by atoms with E-state index < -0.39 is 29.6 Å². The topological polar surface area (TPSA) is 120 Å². The predicted octanol–water partition coefficient (Wildman–Crippen LogP) is 4.42. The minimum atomic E-state index is -0.852. The molecular weight excluding hydrogens is 474 g/mol. The first-order valence-electron chi connectivity index (χ1n) is 11.1. The molecule has 1 atom stereocenters. The van der Waals surface area contributed by atoms with Crippen molar-refractivity contribution in [2.75, 3.05) is 0 Å². The molecule has 1 unspecified atom stereocenters. The molecule has 3 rings (SSSR count). The Hall–Kier alpha value is -2.85. The van der Waals surface area contributed by atoms with E-state index in [1.54, 1.807) is 12.3 Å². The molecule has 0 spiro atoms. The van der Waals surface area contributed by atoms with E-state index in [2.05, 4.69) is 4.98 Å². The highest BCUT2D eigenvalue weighted by atomic mass is 33.1. The predicted molar refractivity (Wildman–Crippen MR) is 130 cm³/mol. The molecule has 0 saturated carbocycles. The Morgan fingerprint density at radius 2 is 1.88 bits per heavy atom. The lowest BCUT2D eigenvalue weighted by Crippen LogP contribution is -2.34. The lowest BCUT2D eigenvalue weighted by molar-refractivity contribution is -0.198. The van der Waals surface area contributed by atoms with Gasteiger partial charge in [-0.1, -0.05) is 49.6 Å². The molecule has 10 heteroatoms. The van der Waals surface area contributed by atoms with Gasteiger partial charge in [-0.3, -0.25) is 14.4 Å².